The Kier molecular flexibility index (Phi) is 6.61. The van der Waals surface area contributed by atoms with Crippen LogP contribution in [0.5, 0.6) is 0 Å². The monoisotopic (exact) mass is 425 g/mol. The Bertz CT molecular complexity index is 931. The molecule has 0 saturated carbocycles. The van der Waals surface area contributed by atoms with Gasteiger partial charge in [-0.2, -0.15) is 0 Å². The number of carbonyl (C=O) groups excluding carboxylic acids is 2. The van der Waals surface area contributed by atoms with Gasteiger partial charge in [-0.3, -0.25) is 4.79 Å². The zero-order chi connectivity index (χ0) is 21.6. The first-order chi connectivity index (χ1) is 15.2. The van der Waals surface area contributed by atoms with Gasteiger partial charge in [0.15, 0.2) is 5.82 Å². The topological polar surface area (TPSA) is 96.9 Å². The molecule has 4 rings (SSSR count). The molecule has 0 bridgehead atoms. The fourth-order valence-electron chi connectivity index (χ4n) is 3.79. The number of rotatable bonds is 5. The van der Waals surface area contributed by atoms with Crippen molar-refractivity contribution in [2.45, 2.75) is 19.9 Å². The third-order valence-corrected chi connectivity index (χ3v) is 5.36. The summed E-state index contributed by atoms with van der Waals surface area (Å²) < 4.78 is 10.4. The van der Waals surface area contributed by atoms with Gasteiger partial charge in [-0.1, -0.05) is 30.3 Å². The molecular formula is C22H27N5O4. The SMILES string of the molecule is CCOC(=O)CNC(=O)N1CCc2nc(-c3ccccc3)nc(N3CCOCC3)c2C1. The van der Waals surface area contributed by atoms with E-state index in [-0.39, 0.29) is 19.2 Å². The summed E-state index contributed by atoms with van der Waals surface area (Å²) in [4.78, 5) is 37.8. The lowest BCUT2D eigenvalue weighted by atomic mass is 10.0. The Labute approximate surface area is 181 Å². The lowest BCUT2D eigenvalue weighted by molar-refractivity contribution is -0.141. The van der Waals surface area contributed by atoms with Crippen LogP contribution in [-0.2, 0) is 27.2 Å². The van der Waals surface area contributed by atoms with Crippen LogP contribution in [0.4, 0.5) is 10.6 Å². The number of ether oxygens (including phenoxy) is 2. The molecule has 1 aromatic carbocycles. The second-order valence-electron chi connectivity index (χ2n) is 7.40. The minimum atomic E-state index is -0.446. The molecule has 0 unspecified atom stereocenters. The van der Waals surface area contributed by atoms with Crippen molar-refractivity contribution in [3.05, 3.63) is 41.6 Å². The minimum absolute atomic E-state index is 0.143. The van der Waals surface area contributed by atoms with Gasteiger partial charge in [-0.05, 0) is 6.92 Å². The third kappa shape index (κ3) is 4.93. The van der Waals surface area contributed by atoms with Gasteiger partial charge in [0.2, 0.25) is 0 Å². The van der Waals surface area contributed by atoms with Gasteiger partial charge in [0, 0.05) is 37.2 Å². The molecule has 9 nitrogen and oxygen atoms in total. The number of fused-ring (bicyclic) bond motifs is 1. The van der Waals surface area contributed by atoms with Gasteiger partial charge in [0.25, 0.3) is 0 Å². The number of carbonyl (C=O) groups is 2. The molecule has 2 aromatic rings. The van der Waals surface area contributed by atoms with Crippen LogP contribution in [0.2, 0.25) is 0 Å². The zero-order valence-electron chi connectivity index (χ0n) is 17.7. The highest BCUT2D eigenvalue weighted by Gasteiger charge is 2.28. The van der Waals surface area contributed by atoms with E-state index in [0.29, 0.717) is 38.5 Å². The van der Waals surface area contributed by atoms with Crippen LogP contribution in [-0.4, -0.2) is 72.9 Å². The van der Waals surface area contributed by atoms with Gasteiger partial charge in [-0.15, -0.1) is 0 Å². The van der Waals surface area contributed by atoms with E-state index in [2.05, 4.69) is 10.2 Å². The molecule has 1 fully saturated rings. The van der Waals surface area contributed by atoms with E-state index in [1.54, 1.807) is 11.8 Å². The first-order valence-electron chi connectivity index (χ1n) is 10.6. The van der Waals surface area contributed by atoms with Gasteiger partial charge in [0.05, 0.1) is 32.1 Å². The van der Waals surface area contributed by atoms with Crippen molar-refractivity contribution in [3.63, 3.8) is 0 Å². The highest BCUT2D eigenvalue weighted by molar-refractivity contribution is 5.81. The van der Waals surface area contributed by atoms with Gasteiger partial charge in [-0.25, -0.2) is 14.8 Å². The Hall–Kier alpha value is -3.20. The number of urea groups is 1. The summed E-state index contributed by atoms with van der Waals surface area (Å²) in [6.07, 6.45) is 0.627. The van der Waals surface area contributed by atoms with Crippen LogP contribution in [0.15, 0.2) is 30.3 Å². The molecule has 0 radical (unpaired) electrons. The zero-order valence-corrected chi connectivity index (χ0v) is 17.7. The maximum atomic E-state index is 12.6. The van der Waals surface area contributed by atoms with E-state index < -0.39 is 5.97 Å². The normalized spacial score (nSPS) is 15.9. The predicted octanol–water partition coefficient (Wildman–Crippen LogP) is 1.61. The van der Waals surface area contributed by atoms with Crippen LogP contribution in [0.3, 0.4) is 0 Å². The molecule has 2 amide bonds. The van der Waals surface area contributed by atoms with Gasteiger partial charge >= 0.3 is 12.0 Å². The average molecular weight is 425 g/mol. The average Bonchev–Trinajstić information content (AvgIpc) is 2.83. The third-order valence-electron chi connectivity index (χ3n) is 5.36. The van der Waals surface area contributed by atoms with Crippen molar-refractivity contribution < 1.29 is 19.1 Å². The largest absolute Gasteiger partial charge is 0.465 e. The molecule has 0 aliphatic carbocycles. The highest BCUT2D eigenvalue weighted by Crippen LogP contribution is 2.30. The Morgan fingerprint density at radius 1 is 1.13 bits per heavy atom. The number of benzene rings is 1. The number of esters is 1. The van der Waals surface area contributed by atoms with Crippen LogP contribution in [0.25, 0.3) is 11.4 Å². The van der Waals surface area contributed by atoms with Crippen LogP contribution >= 0.6 is 0 Å². The van der Waals surface area contributed by atoms with Crippen molar-refractivity contribution in [2.75, 3.05) is 50.9 Å². The number of nitrogens with zero attached hydrogens (tertiary/aromatic N) is 4. The Balaban J connectivity index is 1.59. The van der Waals surface area contributed by atoms with E-state index in [4.69, 9.17) is 19.4 Å². The molecule has 2 aliphatic heterocycles. The van der Waals surface area contributed by atoms with Crippen molar-refractivity contribution in [1.82, 2.24) is 20.2 Å². The van der Waals surface area contributed by atoms with E-state index in [1.165, 1.54) is 0 Å². The molecule has 1 N–H and O–H groups in total. The molecule has 164 valence electrons. The minimum Gasteiger partial charge on any atom is -0.465 e. The highest BCUT2D eigenvalue weighted by atomic mass is 16.5. The van der Waals surface area contributed by atoms with E-state index in [1.807, 2.05) is 30.3 Å². The lowest BCUT2D eigenvalue weighted by Crippen LogP contribution is -2.46. The fraction of sp³-hybridized carbons (Fsp3) is 0.455. The molecule has 0 atom stereocenters. The molecule has 31 heavy (non-hydrogen) atoms. The molecule has 1 saturated heterocycles. The maximum Gasteiger partial charge on any atom is 0.325 e. The van der Waals surface area contributed by atoms with Crippen molar-refractivity contribution >= 4 is 17.8 Å². The molecule has 0 spiro atoms. The second-order valence-corrected chi connectivity index (χ2v) is 7.40. The number of aromatic nitrogens is 2. The van der Waals surface area contributed by atoms with Crippen molar-refractivity contribution in [1.29, 1.82) is 0 Å². The fourth-order valence-corrected chi connectivity index (χ4v) is 3.79. The number of nitrogens with one attached hydrogen (secondary N) is 1. The van der Waals surface area contributed by atoms with E-state index >= 15 is 0 Å². The van der Waals surface area contributed by atoms with E-state index in [0.717, 1.165) is 35.7 Å². The van der Waals surface area contributed by atoms with Crippen molar-refractivity contribution in [3.8, 4) is 11.4 Å². The maximum absolute atomic E-state index is 12.6. The number of amides is 2. The number of hydrogen-bond donors (Lipinski definition) is 1. The Morgan fingerprint density at radius 3 is 2.65 bits per heavy atom. The quantitative estimate of drug-likeness (QED) is 0.727. The van der Waals surface area contributed by atoms with Gasteiger partial charge < -0.3 is 24.6 Å². The van der Waals surface area contributed by atoms with E-state index in [9.17, 15) is 9.59 Å². The number of morpholine rings is 1. The van der Waals surface area contributed by atoms with Crippen LogP contribution in [0, 0.1) is 0 Å². The summed E-state index contributed by atoms with van der Waals surface area (Å²) in [5, 5.41) is 2.64. The van der Waals surface area contributed by atoms with Crippen LogP contribution in [0.1, 0.15) is 18.2 Å². The summed E-state index contributed by atoms with van der Waals surface area (Å²) in [6.45, 7) is 5.57. The lowest BCUT2D eigenvalue weighted by Gasteiger charge is -2.34. The summed E-state index contributed by atoms with van der Waals surface area (Å²) in [5.74, 6) is 1.11. The molecule has 9 heteroatoms. The summed E-state index contributed by atoms with van der Waals surface area (Å²) in [6, 6.07) is 9.63. The number of hydrogen-bond acceptors (Lipinski definition) is 7. The molecule has 3 heterocycles. The summed E-state index contributed by atoms with van der Waals surface area (Å²) in [7, 11) is 0. The summed E-state index contributed by atoms with van der Waals surface area (Å²) >= 11 is 0. The molecule has 2 aliphatic rings. The summed E-state index contributed by atoms with van der Waals surface area (Å²) in [5.41, 5.74) is 2.89. The van der Waals surface area contributed by atoms with Gasteiger partial charge in [0.1, 0.15) is 12.4 Å². The number of anilines is 1. The molecular weight excluding hydrogens is 398 g/mol. The smallest absolute Gasteiger partial charge is 0.325 e. The van der Waals surface area contributed by atoms with Crippen LogP contribution < -0.4 is 10.2 Å². The predicted molar refractivity (Wildman–Crippen MR) is 115 cm³/mol. The first-order valence-corrected chi connectivity index (χ1v) is 10.6. The molecule has 1 aromatic heterocycles. The first kappa shape index (κ1) is 21.0. The van der Waals surface area contributed by atoms with Crippen molar-refractivity contribution in [2.24, 2.45) is 0 Å². The Morgan fingerprint density at radius 2 is 1.90 bits per heavy atom. The standard InChI is InChI=1S/C22H27N5O4/c1-2-31-19(28)14-23-22(29)27-9-8-18-17(15-27)21(26-10-12-30-13-11-26)25-20(24-18)16-6-4-3-5-7-16/h3-7H,2,8-15H2,1H3,(H,23,29). The second kappa shape index (κ2) is 9.74.